The lowest BCUT2D eigenvalue weighted by Crippen LogP contribution is -2.12. The topological polar surface area (TPSA) is 20.7 Å². The Balaban J connectivity index is 1.96. The van der Waals surface area contributed by atoms with Gasteiger partial charge >= 0.3 is 0 Å². The number of hydrogen-bond donors (Lipinski definition) is 1. The van der Waals surface area contributed by atoms with Crippen LogP contribution >= 0.6 is 12.2 Å². The highest BCUT2D eigenvalue weighted by Gasteiger charge is 2.12. The first-order chi connectivity index (χ1) is 8.34. The van der Waals surface area contributed by atoms with Crippen LogP contribution in [0.5, 0.6) is 0 Å². The lowest BCUT2D eigenvalue weighted by atomic mass is 9.94. The van der Waals surface area contributed by atoms with Gasteiger partial charge in [0.1, 0.15) is 0 Å². The second-order valence-corrected chi connectivity index (χ2v) is 5.10. The van der Waals surface area contributed by atoms with Gasteiger partial charge in [-0.1, -0.05) is 24.3 Å². The SMILES string of the molecule is S=c1[nH]c2ccccc2n1CC1CC=CCC1. The summed E-state index contributed by atoms with van der Waals surface area (Å²) in [5.41, 5.74) is 2.37. The van der Waals surface area contributed by atoms with E-state index in [9.17, 15) is 0 Å². The van der Waals surface area contributed by atoms with E-state index in [1.807, 2.05) is 6.07 Å². The Hall–Kier alpha value is -1.35. The summed E-state index contributed by atoms with van der Waals surface area (Å²) in [6, 6.07) is 8.34. The number of imidazole rings is 1. The maximum Gasteiger partial charge on any atom is 0.178 e. The van der Waals surface area contributed by atoms with Crippen molar-refractivity contribution in [2.24, 2.45) is 5.92 Å². The number of aromatic amines is 1. The number of allylic oxidation sites excluding steroid dienone is 2. The molecule has 0 aliphatic heterocycles. The smallest absolute Gasteiger partial charge is 0.178 e. The standard InChI is InChI=1S/C14H16N2S/c17-14-15-12-8-4-5-9-13(12)16(14)10-11-6-2-1-3-7-11/h1-2,4-5,8-9,11H,3,6-7,10H2,(H,15,17). The molecule has 1 atom stereocenters. The summed E-state index contributed by atoms with van der Waals surface area (Å²) in [5.74, 6) is 0.728. The van der Waals surface area contributed by atoms with Crippen LogP contribution in [0.2, 0.25) is 0 Å². The molecule has 1 aliphatic carbocycles. The Labute approximate surface area is 106 Å². The zero-order valence-electron chi connectivity index (χ0n) is 9.73. The maximum atomic E-state index is 5.41. The first-order valence-electron chi connectivity index (χ1n) is 6.17. The molecule has 0 saturated heterocycles. The van der Waals surface area contributed by atoms with Crippen molar-refractivity contribution in [2.45, 2.75) is 25.8 Å². The summed E-state index contributed by atoms with van der Waals surface area (Å²) < 4.78 is 3.09. The predicted molar refractivity (Wildman–Crippen MR) is 73.6 cm³/mol. The van der Waals surface area contributed by atoms with Crippen molar-refractivity contribution in [1.29, 1.82) is 0 Å². The van der Waals surface area contributed by atoms with Crippen molar-refractivity contribution in [3.05, 3.63) is 41.2 Å². The largest absolute Gasteiger partial charge is 0.331 e. The molecule has 88 valence electrons. The molecule has 0 saturated carbocycles. The number of H-pyrrole nitrogens is 1. The highest BCUT2D eigenvalue weighted by molar-refractivity contribution is 7.71. The van der Waals surface area contributed by atoms with E-state index in [-0.39, 0.29) is 0 Å². The quantitative estimate of drug-likeness (QED) is 0.624. The average Bonchev–Trinajstić information content (AvgIpc) is 2.68. The zero-order valence-corrected chi connectivity index (χ0v) is 10.5. The first-order valence-corrected chi connectivity index (χ1v) is 6.58. The van der Waals surface area contributed by atoms with Crippen LogP contribution in [-0.2, 0) is 6.54 Å². The third kappa shape index (κ3) is 2.07. The van der Waals surface area contributed by atoms with Crippen molar-refractivity contribution in [3.8, 4) is 0 Å². The van der Waals surface area contributed by atoms with Crippen molar-refractivity contribution < 1.29 is 0 Å². The van der Waals surface area contributed by atoms with Crippen molar-refractivity contribution in [3.63, 3.8) is 0 Å². The van der Waals surface area contributed by atoms with Crippen molar-refractivity contribution in [2.75, 3.05) is 0 Å². The fourth-order valence-corrected chi connectivity index (χ4v) is 2.85. The van der Waals surface area contributed by atoms with Gasteiger partial charge in [0.15, 0.2) is 4.77 Å². The van der Waals surface area contributed by atoms with E-state index in [0.29, 0.717) is 0 Å². The summed E-state index contributed by atoms with van der Waals surface area (Å²) in [5, 5.41) is 0. The fourth-order valence-electron chi connectivity index (χ4n) is 2.57. The van der Waals surface area contributed by atoms with Crippen molar-refractivity contribution >= 4 is 23.3 Å². The van der Waals surface area contributed by atoms with Gasteiger partial charge in [-0.05, 0) is 49.5 Å². The predicted octanol–water partition coefficient (Wildman–Crippen LogP) is 4.06. The molecule has 17 heavy (non-hydrogen) atoms. The Morgan fingerprint density at radius 1 is 1.29 bits per heavy atom. The van der Waals surface area contributed by atoms with Gasteiger partial charge in [0.2, 0.25) is 0 Å². The molecule has 1 heterocycles. The van der Waals surface area contributed by atoms with E-state index in [2.05, 4.69) is 39.9 Å². The van der Waals surface area contributed by atoms with Crippen LogP contribution in [0.3, 0.4) is 0 Å². The van der Waals surface area contributed by atoms with Gasteiger partial charge in [-0.3, -0.25) is 0 Å². The molecule has 0 radical (unpaired) electrons. The normalized spacial score (nSPS) is 19.9. The summed E-state index contributed by atoms with van der Waals surface area (Å²) in [6.45, 7) is 1.03. The van der Waals surface area contributed by atoms with E-state index >= 15 is 0 Å². The molecule has 1 aliphatic rings. The monoisotopic (exact) mass is 244 g/mol. The average molecular weight is 244 g/mol. The molecule has 2 aromatic rings. The van der Waals surface area contributed by atoms with Crippen LogP contribution in [0.25, 0.3) is 11.0 Å². The molecule has 0 spiro atoms. The van der Waals surface area contributed by atoms with E-state index < -0.39 is 0 Å². The number of nitrogens with one attached hydrogen (secondary N) is 1. The molecule has 0 fully saturated rings. The van der Waals surface area contributed by atoms with E-state index in [1.54, 1.807) is 0 Å². The number of hydrogen-bond acceptors (Lipinski definition) is 1. The molecule has 2 nitrogen and oxygen atoms in total. The molecule has 0 amide bonds. The molecule has 0 bridgehead atoms. The third-order valence-corrected chi connectivity index (χ3v) is 3.82. The van der Waals surface area contributed by atoms with E-state index in [4.69, 9.17) is 12.2 Å². The summed E-state index contributed by atoms with van der Waals surface area (Å²) in [4.78, 5) is 3.28. The number of aromatic nitrogens is 2. The van der Waals surface area contributed by atoms with Crippen LogP contribution in [0, 0.1) is 10.7 Å². The Kier molecular flexibility index (Phi) is 2.85. The van der Waals surface area contributed by atoms with Gasteiger partial charge in [0.25, 0.3) is 0 Å². The first kappa shape index (κ1) is 10.8. The van der Waals surface area contributed by atoms with Gasteiger partial charge in [0.05, 0.1) is 11.0 Å². The van der Waals surface area contributed by atoms with Gasteiger partial charge in [0, 0.05) is 6.54 Å². The Bertz CT molecular complexity index is 606. The molecule has 3 rings (SSSR count). The number of nitrogens with zero attached hydrogens (tertiary/aromatic N) is 1. The lowest BCUT2D eigenvalue weighted by Gasteiger charge is -2.18. The second kappa shape index (κ2) is 4.49. The molecule has 1 N–H and O–H groups in total. The highest BCUT2D eigenvalue weighted by atomic mass is 32.1. The maximum absolute atomic E-state index is 5.41. The van der Waals surface area contributed by atoms with Crippen LogP contribution < -0.4 is 0 Å². The fraction of sp³-hybridized carbons (Fsp3) is 0.357. The zero-order chi connectivity index (χ0) is 11.7. The van der Waals surface area contributed by atoms with Crippen LogP contribution in [0.15, 0.2) is 36.4 Å². The minimum Gasteiger partial charge on any atom is -0.331 e. The van der Waals surface area contributed by atoms with Crippen molar-refractivity contribution in [1.82, 2.24) is 9.55 Å². The number of benzene rings is 1. The van der Waals surface area contributed by atoms with Gasteiger partial charge in [-0.2, -0.15) is 0 Å². The third-order valence-electron chi connectivity index (χ3n) is 3.50. The Morgan fingerprint density at radius 3 is 3.00 bits per heavy atom. The molecule has 3 heteroatoms. The Morgan fingerprint density at radius 2 is 2.18 bits per heavy atom. The molecule has 1 aromatic carbocycles. The minimum atomic E-state index is 0.728. The molecule has 1 unspecified atom stereocenters. The highest BCUT2D eigenvalue weighted by Crippen LogP contribution is 2.22. The second-order valence-electron chi connectivity index (χ2n) is 4.71. The summed E-state index contributed by atoms with van der Waals surface area (Å²) in [6.07, 6.45) is 8.25. The van der Waals surface area contributed by atoms with E-state index in [1.165, 1.54) is 24.8 Å². The van der Waals surface area contributed by atoms with Gasteiger partial charge < -0.3 is 9.55 Å². The summed E-state index contributed by atoms with van der Waals surface area (Å²) >= 11 is 5.41. The van der Waals surface area contributed by atoms with E-state index in [0.717, 1.165) is 22.8 Å². The van der Waals surface area contributed by atoms with Crippen LogP contribution in [0.4, 0.5) is 0 Å². The number of fused-ring (bicyclic) bond motifs is 1. The minimum absolute atomic E-state index is 0.728. The molecular formula is C14H16N2S. The lowest BCUT2D eigenvalue weighted by molar-refractivity contribution is 0.413. The molecule has 1 aromatic heterocycles. The van der Waals surface area contributed by atoms with Gasteiger partial charge in [-0.25, -0.2) is 0 Å². The van der Waals surface area contributed by atoms with Gasteiger partial charge in [-0.15, -0.1) is 0 Å². The number of para-hydroxylation sites is 2. The summed E-state index contributed by atoms with van der Waals surface area (Å²) in [7, 11) is 0. The van der Waals surface area contributed by atoms with Crippen LogP contribution in [0.1, 0.15) is 19.3 Å². The number of rotatable bonds is 2. The van der Waals surface area contributed by atoms with Crippen LogP contribution in [-0.4, -0.2) is 9.55 Å². The molecular weight excluding hydrogens is 228 g/mol.